The number of fused-ring (bicyclic) bond motifs is 1. The van der Waals surface area contributed by atoms with E-state index in [9.17, 15) is 0 Å². The molecule has 3 aromatic rings. The molecule has 0 radical (unpaired) electrons. The Morgan fingerprint density at radius 1 is 0.947 bits per heavy atom. The van der Waals surface area contributed by atoms with E-state index in [2.05, 4.69) is 39.6 Å². The maximum absolute atomic E-state index is 4.46. The fraction of sp³-hybridized carbons (Fsp3) is 0.125. The van der Waals surface area contributed by atoms with Gasteiger partial charge in [0.2, 0.25) is 0 Å². The first-order valence-corrected chi connectivity index (χ1v) is 6.33. The van der Waals surface area contributed by atoms with Gasteiger partial charge in [0.25, 0.3) is 0 Å². The Kier molecular flexibility index (Phi) is 3.11. The number of hydrogen-bond donors (Lipinski definition) is 1. The molecule has 3 nitrogen and oxygen atoms in total. The molecule has 0 aliphatic heterocycles. The van der Waals surface area contributed by atoms with Gasteiger partial charge in [0.1, 0.15) is 0 Å². The first kappa shape index (κ1) is 11.7. The zero-order valence-electron chi connectivity index (χ0n) is 10.8. The van der Waals surface area contributed by atoms with Crippen molar-refractivity contribution in [3.8, 4) is 0 Å². The van der Waals surface area contributed by atoms with Crippen LogP contribution in [-0.2, 0) is 6.54 Å². The molecule has 0 amide bonds. The van der Waals surface area contributed by atoms with Crippen LogP contribution in [0.15, 0.2) is 54.9 Å². The Balaban J connectivity index is 1.88. The Morgan fingerprint density at radius 3 is 2.63 bits per heavy atom. The third-order valence-electron chi connectivity index (χ3n) is 3.19. The fourth-order valence-corrected chi connectivity index (χ4v) is 2.17. The monoisotopic (exact) mass is 249 g/mol. The van der Waals surface area contributed by atoms with Gasteiger partial charge < -0.3 is 5.32 Å². The topological polar surface area (TPSA) is 37.8 Å². The minimum Gasteiger partial charge on any atom is -0.379 e. The summed E-state index contributed by atoms with van der Waals surface area (Å²) in [6.45, 7) is 2.75. The van der Waals surface area contributed by atoms with Crippen molar-refractivity contribution in [1.29, 1.82) is 0 Å². The van der Waals surface area contributed by atoms with Gasteiger partial charge in [-0.25, -0.2) is 0 Å². The molecule has 3 rings (SSSR count). The molecule has 2 aromatic heterocycles. The summed E-state index contributed by atoms with van der Waals surface area (Å²) < 4.78 is 0. The Hall–Kier alpha value is -2.42. The zero-order chi connectivity index (χ0) is 13.1. The lowest BCUT2D eigenvalue weighted by atomic mass is 10.1. The van der Waals surface area contributed by atoms with Crippen LogP contribution in [0.5, 0.6) is 0 Å². The molecule has 1 aromatic carbocycles. The van der Waals surface area contributed by atoms with Crippen LogP contribution in [0.3, 0.4) is 0 Å². The highest BCUT2D eigenvalue weighted by molar-refractivity contribution is 5.81. The standard InChI is InChI=1S/C16H15N3/c1-12-15(8-4-9-17-12)19-11-14-6-2-5-13-7-3-10-18-16(13)14/h2-10,19H,11H2,1H3. The van der Waals surface area contributed by atoms with Gasteiger partial charge in [0.15, 0.2) is 0 Å². The number of hydrogen-bond acceptors (Lipinski definition) is 3. The number of para-hydroxylation sites is 1. The predicted octanol–water partition coefficient (Wildman–Crippen LogP) is 3.55. The SMILES string of the molecule is Cc1ncccc1NCc1cccc2cccnc12. The quantitative estimate of drug-likeness (QED) is 0.771. The second-order valence-corrected chi connectivity index (χ2v) is 4.48. The van der Waals surface area contributed by atoms with E-state index < -0.39 is 0 Å². The lowest BCUT2D eigenvalue weighted by molar-refractivity contribution is 1.11. The molecular formula is C16H15N3. The van der Waals surface area contributed by atoms with Crippen molar-refractivity contribution >= 4 is 16.6 Å². The van der Waals surface area contributed by atoms with Crippen LogP contribution >= 0.6 is 0 Å². The average molecular weight is 249 g/mol. The molecular weight excluding hydrogens is 234 g/mol. The van der Waals surface area contributed by atoms with Gasteiger partial charge in [-0.1, -0.05) is 24.3 Å². The first-order chi connectivity index (χ1) is 9.34. The molecule has 0 fully saturated rings. The van der Waals surface area contributed by atoms with E-state index in [1.807, 2.05) is 31.3 Å². The Bertz CT molecular complexity index is 702. The minimum absolute atomic E-state index is 0.751. The maximum atomic E-state index is 4.46. The van der Waals surface area contributed by atoms with Crippen molar-refractivity contribution in [2.24, 2.45) is 0 Å². The molecule has 0 aliphatic rings. The van der Waals surface area contributed by atoms with Gasteiger partial charge in [0.05, 0.1) is 16.9 Å². The van der Waals surface area contributed by atoms with Crippen LogP contribution in [0.1, 0.15) is 11.3 Å². The van der Waals surface area contributed by atoms with Gasteiger partial charge in [-0.2, -0.15) is 0 Å². The summed E-state index contributed by atoms with van der Waals surface area (Å²) in [4.78, 5) is 8.74. The number of aryl methyl sites for hydroxylation is 1. The molecule has 3 heteroatoms. The summed E-state index contributed by atoms with van der Waals surface area (Å²) in [6.07, 6.45) is 3.64. The van der Waals surface area contributed by atoms with Gasteiger partial charge in [-0.05, 0) is 30.7 Å². The number of pyridine rings is 2. The van der Waals surface area contributed by atoms with Crippen molar-refractivity contribution in [2.75, 3.05) is 5.32 Å². The molecule has 94 valence electrons. The van der Waals surface area contributed by atoms with Gasteiger partial charge in [-0.15, -0.1) is 0 Å². The van der Waals surface area contributed by atoms with Gasteiger partial charge in [0, 0.05) is 24.3 Å². The van der Waals surface area contributed by atoms with Crippen molar-refractivity contribution < 1.29 is 0 Å². The summed E-state index contributed by atoms with van der Waals surface area (Å²) in [5.41, 5.74) is 4.33. The minimum atomic E-state index is 0.751. The lowest BCUT2D eigenvalue weighted by Gasteiger charge is -2.10. The van der Waals surface area contributed by atoms with Crippen molar-refractivity contribution in [1.82, 2.24) is 9.97 Å². The van der Waals surface area contributed by atoms with E-state index in [-0.39, 0.29) is 0 Å². The fourth-order valence-electron chi connectivity index (χ4n) is 2.17. The molecule has 0 saturated heterocycles. The second-order valence-electron chi connectivity index (χ2n) is 4.48. The highest BCUT2D eigenvalue weighted by Gasteiger charge is 2.02. The van der Waals surface area contributed by atoms with Crippen molar-refractivity contribution in [3.63, 3.8) is 0 Å². The Labute approximate surface area is 112 Å². The summed E-state index contributed by atoms with van der Waals surface area (Å²) >= 11 is 0. The summed E-state index contributed by atoms with van der Waals surface area (Å²) in [6, 6.07) is 14.3. The van der Waals surface area contributed by atoms with Gasteiger partial charge in [-0.3, -0.25) is 9.97 Å². The molecule has 0 bridgehead atoms. The van der Waals surface area contributed by atoms with Crippen molar-refractivity contribution in [2.45, 2.75) is 13.5 Å². The maximum Gasteiger partial charge on any atom is 0.0751 e. The largest absolute Gasteiger partial charge is 0.379 e. The molecule has 0 unspecified atom stereocenters. The molecule has 0 spiro atoms. The molecule has 2 heterocycles. The van der Waals surface area contributed by atoms with Crippen LogP contribution in [0.2, 0.25) is 0 Å². The van der Waals surface area contributed by atoms with Crippen molar-refractivity contribution in [3.05, 3.63) is 66.1 Å². The van der Waals surface area contributed by atoms with Crippen LogP contribution in [0.4, 0.5) is 5.69 Å². The number of nitrogens with zero attached hydrogens (tertiary/aromatic N) is 2. The van der Waals surface area contributed by atoms with Gasteiger partial charge >= 0.3 is 0 Å². The smallest absolute Gasteiger partial charge is 0.0751 e. The number of aromatic nitrogens is 2. The average Bonchev–Trinajstić information content (AvgIpc) is 2.46. The number of benzene rings is 1. The highest BCUT2D eigenvalue weighted by atomic mass is 14.9. The van der Waals surface area contributed by atoms with E-state index in [1.165, 1.54) is 10.9 Å². The number of nitrogens with one attached hydrogen (secondary N) is 1. The molecule has 0 atom stereocenters. The first-order valence-electron chi connectivity index (χ1n) is 6.33. The predicted molar refractivity (Wildman–Crippen MR) is 78.0 cm³/mol. The number of anilines is 1. The van der Waals surface area contributed by atoms with Crippen LogP contribution in [0, 0.1) is 6.92 Å². The summed E-state index contributed by atoms with van der Waals surface area (Å²) in [5.74, 6) is 0. The Morgan fingerprint density at radius 2 is 1.74 bits per heavy atom. The third kappa shape index (κ3) is 2.40. The third-order valence-corrected chi connectivity index (χ3v) is 3.19. The lowest BCUT2D eigenvalue weighted by Crippen LogP contribution is -2.02. The zero-order valence-corrected chi connectivity index (χ0v) is 10.8. The summed E-state index contributed by atoms with van der Waals surface area (Å²) in [5, 5.41) is 4.59. The number of rotatable bonds is 3. The van der Waals surface area contributed by atoms with Crippen LogP contribution < -0.4 is 5.32 Å². The molecule has 1 N–H and O–H groups in total. The molecule has 19 heavy (non-hydrogen) atoms. The second kappa shape index (κ2) is 5.06. The van der Waals surface area contributed by atoms with E-state index in [0.717, 1.165) is 23.4 Å². The normalized spacial score (nSPS) is 10.6. The highest BCUT2D eigenvalue weighted by Crippen LogP contribution is 2.18. The molecule has 0 saturated carbocycles. The van der Waals surface area contributed by atoms with E-state index in [4.69, 9.17) is 0 Å². The van der Waals surface area contributed by atoms with E-state index in [1.54, 1.807) is 6.20 Å². The van der Waals surface area contributed by atoms with Crippen LogP contribution in [0.25, 0.3) is 10.9 Å². The van der Waals surface area contributed by atoms with E-state index in [0.29, 0.717) is 0 Å². The molecule has 0 aliphatic carbocycles. The van der Waals surface area contributed by atoms with E-state index >= 15 is 0 Å². The van der Waals surface area contributed by atoms with Crippen LogP contribution in [-0.4, -0.2) is 9.97 Å². The summed E-state index contributed by atoms with van der Waals surface area (Å²) in [7, 11) is 0.